The summed E-state index contributed by atoms with van der Waals surface area (Å²) in [5.41, 5.74) is 12.4. The van der Waals surface area contributed by atoms with E-state index in [0.717, 1.165) is 40.0 Å². The third-order valence-corrected chi connectivity index (χ3v) is 13.6. The van der Waals surface area contributed by atoms with E-state index in [1.165, 1.54) is 71.2 Å². The fourth-order valence-corrected chi connectivity index (χ4v) is 9.72. The number of aliphatic hydroxyl groups is 1. The van der Waals surface area contributed by atoms with Crippen LogP contribution in [0.4, 0.5) is 11.4 Å². The average molecular weight is 1120 g/mol. The number of fused-ring (bicyclic) bond motifs is 2. The topological polar surface area (TPSA) is 214 Å². The van der Waals surface area contributed by atoms with E-state index in [4.69, 9.17) is 56.5 Å². The lowest BCUT2D eigenvalue weighted by atomic mass is 9.99. The molecule has 2 heterocycles. The van der Waals surface area contributed by atoms with Crippen molar-refractivity contribution in [3.8, 4) is 11.4 Å². The van der Waals surface area contributed by atoms with E-state index in [0.29, 0.717) is 36.0 Å². The summed E-state index contributed by atoms with van der Waals surface area (Å²) in [6, 6.07) is 34.9. The molecule has 0 unspecified atom stereocenters. The van der Waals surface area contributed by atoms with Crippen molar-refractivity contribution in [2.24, 2.45) is 0 Å². The second-order valence-corrected chi connectivity index (χ2v) is 19.2. The molecule has 350 valence electrons. The first kappa shape index (κ1) is 50.3. The number of carbonyl (C=O) groups excluding carboxylic acids is 1. The van der Waals surface area contributed by atoms with Crippen molar-refractivity contribution in [2.75, 3.05) is 23.4 Å². The van der Waals surface area contributed by atoms with E-state index >= 15 is 0 Å². The van der Waals surface area contributed by atoms with E-state index in [9.17, 15) is 14.4 Å². The minimum Gasteiger partial charge on any atom is -0.481 e. The second kappa shape index (κ2) is 22.7. The smallest absolute Gasteiger partial charge is 0.335 e. The van der Waals surface area contributed by atoms with E-state index in [1.807, 2.05) is 34.3 Å². The molecule has 0 saturated heterocycles. The van der Waals surface area contributed by atoms with Crippen LogP contribution in [0.2, 0.25) is 10.0 Å². The van der Waals surface area contributed by atoms with Crippen LogP contribution in [0.3, 0.4) is 0 Å². The monoisotopic (exact) mass is 1120 g/mol. The molecule has 2 aliphatic carbocycles. The van der Waals surface area contributed by atoms with Crippen molar-refractivity contribution in [1.82, 2.24) is 29.5 Å². The number of rotatable bonds is 10. The largest absolute Gasteiger partial charge is 0.481 e. The number of amides is 1. The normalized spacial score (nSPS) is 12.8. The molecule has 2 saturated carbocycles. The summed E-state index contributed by atoms with van der Waals surface area (Å²) in [6.07, 6.45) is 5.11. The highest BCUT2D eigenvalue weighted by molar-refractivity contribution is 9.10. The van der Waals surface area contributed by atoms with E-state index in [1.54, 1.807) is 6.07 Å². The van der Waals surface area contributed by atoms with Gasteiger partial charge in [-0.05, 0) is 158 Å². The van der Waals surface area contributed by atoms with Gasteiger partial charge < -0.3 is 26.4 Å². The number of aliphatic carboxylic acids is 1. The zero-order valence-electron chi connectivity index (χ0n) is 36.0. The molecule has 2 aromatic heterocycles. The highest BCUT2D eigenvalue weighted by Crippen LogP contribution is 2.45. The van der Waals surface area contributed by atoms with Crippen LogP contribution in [-0.4, -0.2) is 75.1 Å². The SMILES string of the molecule is Cc1ccc(N)c(Cl)c1.O=C(CO)Nc1ccc(C(=O)O)cc1Cl.O=C(O)CSc1nnc(Br)n1-c1ccc(C2CC2)c2ccccc12.S=c1[nH]nc(Br)n1-c1ccc(C2CC2)c2ccccc12. The number of nitrogens with one attached hydrogen (secondary N) is 2. The van der Waals surface area contributed by atoms with Gasteiger partial charge in [-0.1, -0.05) is 102 Å². The fraction of sp³-hybridized carbons (Fsp3) is 0.188. The zero-order chi connectivity index (χ0) is 48.6. The molecule has 0 aliphatic heterocycles. The maximum Gasteiger partial charge on any atom is 0.335 e. The number of carbonyl (C=O) groups is 3. The summed E-state index contributed by atoms with van der Waals surface area (Å²) in [4.78, 5) is 32.2. The lowest BCUT2D eigenvalue weighted by Crippen LogP contribution is -2.15. The number of hydrogen-bond donors (Lipinski definition) is 6. The molecular formula is C48H42Br2Cl2N8O6S2. The molecule has 1 amide bonds. The summed E-state index contributed by atoms with van der Waals surface area (Å²) in [6.45, 7) is 1.32. The number of aryl methyl sites for hydroxylation is 1. The predicted molar refractivity (Wildman–Crippen MR) is 278 cm³/mol. The van der Waals surface area contributed by atoms with E-state index < -0.39 is 24.5 Å². The number of aromatic carboxylic acids is 1. The molecule has 68 heavy (non-hydrogen) atoms. The van der Waals surface area contributed by atoms with Crippen LogP contribution in [-0.2, 0) is 9.59 Å². The molecule has 2 fully saturated rings. The maximum atomic E-state index is 10.9. The molecule has 0 bridgehead atoms. The first-order valence-electron chi connectivity index (χ1n) is 20.9. The quantitative estimate of drug-likeness (QED) is 0.0429. The number of benzene rings is 6. The molecule has 2 aliphatic rings. The van der Waals surface area contributed by atoms with Crippen molar-refractivity contribution in [2.45, 2.75) is 49.6 Å². The van der Waals surface area contributed by atoms with Gasteiger partial charge in [0.25, 0.3) is 0 Å². The average Bonchev–Trinajstić information content (AvgIpc) is 4.28. The Labute approximate surface area is 426 Å². The number of aromatic nitrogens is 6. The second-order valence-electron chi connectivity index (χ2n) is 15.6. The molecule has 0 radical (unpaired) electrons. The summed E-state index contributed by atoms with van der Waals surface area (Å²) in [7, 11) is 0. The van der Waals surface area contributed by atoms with Crippen LogP contribution in [0, 0.1) is 11.7 Å². The maximum absolute atomic E-state index is 10.9. The predicted octanol–water partition coefficient (Wildman–Crippen LogP) is 12.2. The molecule has 0 spiro atoms. The van der Waals surface area contributed by atoms with Gasteiger partial charge in [-0.25, -0.2) is 4.79 Å². The number of halogens is 4. The molecule has 0 atom stereocenters. The lowest BCUT2D eigenvalue weighted by molar-refractivity contribution is -0.134. The van der Waals surface area contributed by atoms with Crippen LogP contribution in [0.25, 0.3) is 32.9 Å². The van der Waals surface area contributed by atoms with Crippen molar-refractivity contribution in [3.05, 3.63) is 156 Å². The number of aliphatic hydroxyl groups excluding tert-OH is 1. The Morgan fingerprint density at radius 2 is 1.35 bits per heavy atom. The van der Waals surface area contributed by atoms with Gasteiger partial charge in [0.2, 0.25) is 20.1 Å². The molecule has 10 rings (SSSR count). The zero-order valence-corrected chi connectivity index (χ0v) is 42.3. The van der Waals surface area contributed by atoms with Crippen molar-refractivity contribution in [3.63, 3.8) is 0 Å². The van der Waals surface area contributed by atoms with Gasteiger partial charge in [-0.15, -0.1) is 15.3 Å². The Hall–Kier alpha value is -5.60. The first-order valence-corrected chi connectivity index (χ1v) is 24.7. The van der Waals surface area contributed by atoms with Crippen LogP contribution < -0.4 is 11.1 Å². The van der Waals surface area contributed by atoms with Gasteiger partial charge in [-0.2, -0.15) is 0 Å². The van der Waals surface area contributed by atoms with Crippen molar-refractivity contribution >= 4 is 130 Å². The van der Waals surface area contributed by atoms with Crippen molar-refractivity contribution < 1.29 is 29.7 Å². The Balaban J connectivity index is 0.000000141. The third kappa shape index (κ3) is 12.3. The number of nitrogen functional groups attached to an aromatic ring is 1. The highest BCUT2D eigenvalue weighted by Gasteiger charge is 2.27. The van der Waals surface area contributed by atoms with E-state index in [2.05, 4.69) is 124 Å². The summed E-state index contributed by atoms with van der Waals surface area (Å²) >= 11 is 24.8. The van der Waals surface area contributed by atoms with Crippen LogP contribution in [0.1, 0.15) is 64.6 Å². The molecule has 7 N–H and O–H groups in total. The lowest BCUT2D eigenvalue weighted by Gasteiger charge is -2.13. The number of aromatic amines is 1. The summed E-state index contributed by atoms with van der Waals surface area (Å²) in [5.74, 6) is -1.25. The van der Waals surface area contributed by atoms with Gasteiger partial charge in [0.05, 0.1) is 44.1 Å². The third-order valence-electron chi connectivity index (χ3n) is 10.7. The van der Waals surface area contributed by atoms with Crippen LogP contribution >= 0.6 is 79.0 Å². The Kier molecular flexibility index (Phi) is 16.8. The van der Waals surface area contributed by atoms with Gasteiger partial charge in [0.15, 0.2) is 5.16 Å². The molecule has 6 aromatic carbocycles. The number of carboxylic acids is 2. The molecule has 14 nitrogen and oxygen atoms in total. The number of thioether (sulfide) groups is 1. The minimum absolute atomic E-state index is 0.0296. The highest BCUT2D eigenvalue weighted by atomic mass is 79.9. The molecule has 8 aromatic rings. The van der Waals surface area contributed by atoms with Gasteiger partial charge in [-0.3, -0.25) is 23.8 Å². The molecular weight excluding hydrogens is 1080 g/mol. The van der Waals surface area contributed by atoms with E-state index in [-0.39, 0.29) is 22.0 Å². The first-order chi connectivity index (χ1) is 32.6. The summed E-state index contributed by atoms with van der Waals surface area (Å²) in [5, 5.41) is 49.7. The Bertz CT molecular complexity index is 3230. The number of hydrogen-bond acceptors (Lipinski definition) is 10. The van der Waals surface area contributed by atoms with Crippen LogP contribution in [0.15, 0.2) is 124 Å². The fourth-order valence-electron chi connectivity index (χ4n) is 7.24. The standard InChI is InChI=1S/C17H14BrN3O2S.C15H12BrN3S.C9H8ClNO4.C7H8ClN/c18-16-19-20-17(24-9-15(22)23)21(16)14-8-7-11(10-5-6-10)12-3-1-2-4-13(12)14;16-14-17-18-15(20)19(14)13-8-7-10(9-5-6-9)11-3-1-2-4-12(11)13;10-6-3-5(9(14)15)1-2-7(6)11-8(13)4-12;1-5-2-3-7(9)6(8)4-5/h1-4,7-8,10H,5-6,9H2,(H,22,23);1-4,7-9H,5-6H2,(H,18,20);1-3,12H,4H2,(H,11,13)(H,14,15);2-4H,9H2,1H3. The number of anilines is 2. The van der Waals surface area contributed by atoms with Gasteiger partial charge >= 0.3 is 11.9 Å². The minimum atomic E-state index is -1.10. The van der Waals surface area contributed by atoms with Crippen molar-refractivity contribution in [1.29, 1.82) is 0 Å². The van der Waals surface area contributed by atoms with Gasteiger partial charge in [0, 0.05) is 10.8 Å². The Morgan fingerprint density at radius 1 is 0.779 bits per heavy atom. The number of H-pyrrole nitrogens is 1. The molecule has 20 heteroatoms. The van der Waals surface area contributed by atoms with Gasteiger partial charge in [0.1, 0.15) is 6.61 Å². The Morgan fingerprint density at radius 3 is 1.82 bits per heavy atom. The van der Waals surface area contributed by atoms with Crippen LogP contribution in [0.5, 0.6) is 0 Å². The number of nitrogens with two attached hydrogens (primary N) is 1. The number of carboxylic acid groups (broad SMARTS) is 2. The summed E-state index contributed by atoms with van der Waals surface area (Å²) < 4.78 is 5.66. The number of nitrogens with zero attached hydrogens (tertiary/aromatic N) is 5.